The molecule has 0 N–H and O–H groups in total. The second-order valence-electron chi connectivity index (χ2n) is 2.11. The van der Waals surface area contributed by atoms with Crippen molar-refractivity contribution in [3.63, 3.8) is 0 Å². The number of rotatable bonds is 0. The van der Waals surface area contributed by atoms with Crippen molar-refractivity contribution < 1.29 is 17.3 Å². The van der Waals surface area contributed by atoms with E-state index in [4.69, 9.17) is 0 Å². The van der Waals surface area contributed by atoms with Crippen molar-refractivity contribution in [1.29, 1.82) is 0 Å². The molecule has 0 atom stereocenters. The first kappa shape index (κ1) is 10.4. The van der Waals surface area contributed by atoms with Gasteiger partial charge in [-0.1, -0.05) is 24.3 Å². The van der Waals surface area contributed by atoms with Gasteiger partial charge in [0.1, 0.15) is 0 Å². The molecule has 1 aliphatic carbocycles. The van der Waals surface area contributed by atoms with E-state index < -0.39 is 0 Å². The summed E-state index contributed by atoms with van der Waals surface area (Å²) in [5.41, 5.74) is 0. The zero-order valence-electron chi connectivity index (χ0n) is 5.85. The van der Waals surface area contributed by atoms with Crippen LogP contribution in [0.25, 0.3) is 0 Å². The molecule has 0 aromatic heterocycles. The fraction of sp³-hybridized carbons (Fsp3) is 0.500. The standard InChI is InChI=1S/C8H12.ClH.Rh/c1-2-4-6-8-7-5-3-1;;/h1-2,5,7H,3-4,6,8H2;1H;/q;;+1/p-1/b2-1-,7-5-;;. The molecule has 60 valence electrons. The van der Waals surface area contributed by atoms with Gasteiger partial charge in [-0.15, -0.1) is 0 Å². The molecule has 0 aromatic rings. The first-order valence-electron chi connectivity index (χ1n) is 3.43. The Labute approximate surface area is 77.1 Å². The van der Waals surface area contributed by atoms with Gasteiger partial charge in [-0.2, -0.15) is 0 Å². The van der Waals surface area contributed by atoms with Crippen LogP contribution in [-0.2, 0) is 17.3 Å². The fourth-order valence-electron chi connectivity index (χ4n) is 0.860. The topological polar surface area (TPSA) is 0 Å². The minimum absolute atomic E-state index is 1.14. The Kier molecular flexibility index (Phi) is 9.76. The summed E-state index contributed by atoms with van der Waals surface area (Å²) in [6.45, 7) is 0. The third-order valence-corrected chi connectivity index (χ3v) is 1.35. The Balaban J connectivity index is 0.000000371. The molecular weight excluding hydrogens is 234 g/mol. The maximum atomic E-state index is 4.53. The third-order valence-electron chi connectivity index (χ3n) is 1.35. The first-order valence-corrected chi connectivity index (χ1v) is 5.54. The van der Waals surface area contributed by atoms with E-state index in [1.165, 1.54) is 19.3 Å². The first-order chi connectivity index (χ1) is 5.00. The van der Waals surface area contributed by atoms with Crippen molar-refractivity contribution >= 4 is 9.69 Å². The summed E-state index contributed by atoms with van der Waals surface area (Å²) in [6, 6.07) is 0. The molecular formula is C8H12ClRh. The molecule has 0 heterocycles. The molecule has 0 unspecified atom stereocenters. The van der Waals surface area contributed by atoms with Crippen LogP contribution >= 0.6 is 9.69 Å². The van der Waals surface area contributed by atoms with Gasteiger partial charge in [0, 0.05) is 0 Å². The normalized spacial score (nSPS) is 23.1. The second kappa shape index (κ2) is 9.39. The molecule has 0 radical (unpaired) electrons. The van der Waals surface area contributed by atoms with Crippen LogP contribution in [0, 0.1) is 0 Å². The number of hydrogen-bond donors (Lipinski definition) is 0. The summed E-state index contributed by atoms with van der Waals surface area (Å²) in [7, 11) is 4.53. The number of hydrogen-bond acceptors (Lipinski definition) is 0. The zero-order chi connectivity index (χ0) is 7.66. The van der Waals surface area contributed by atoms with Crippen LogP contribution in [0.15, 0.2) is 24.3 Å². The van der Waals surface area contributed by atoms with Gasteiger partial charge in [0.15, 0.2) is 0 Å². The Morgan fingerprint density at radius 2 is 1.40 bits per heavy atom. The Bertz CT molecular complexity index is 95.8. The van der Waals surface area contributed by atoms with Crippen LogP contribution in [-0.4, -0.2) is 0 Å². The number of halogens is 1. The van der Waals surface area contributed by atoms with Crippen LogP contribution in [0.1, 0.15) is 25.7 Å². The molecule has 0 saturated heterocycles. The molecule has 0 saturated carbocycles. The molecule has 1 rings (SSSR count). The minimum atomic E-state index is 1.14. The van der Waals surface area contributed by atoms with Gasteiger partial charge in [0.2, 0.25) is 0 Å². The molecule has 0 spiro atoms. The quantitative estimate of drug-likeness (QED) is 0.454. The Morgan fingerprint density at radius 1 is 0.900 bits per heavy atom. The molecule has 0 bridgehead atoms. The van der Waals surface area contributed by atoms with Crippen LogP contribution < -0.4 is 0 Å². The summed E-state index contributed by atoms with van der Waals surface area (Å²) < 4.78 is 0. The van der Waals surface area contributed by atoms with Crippen molar-refractivity contribution in [2.24, 2.45) is 0 Å². The van der Waals surface area contributed by atoms with E-state index in [9.17, 15) is 0 Å². The maximum absolute atomic E-state index is 4.53. The van der Waals surface area contributed by atoms with Crippen molar-refractivity contribution in [1.82, 2.24) is 0 Å². The fourth-order valence-corrected chi connectivity index (χ4v) is 0.860. The van der Waals surface area contributed by atoms with E-state index in [2.05, 4.69) is 34.0 Å². The zero-order valence-corrected chi connectivity index (χ0v) is 8.24. The van der Waals surface area contributed by atoms with Gasteiger partial charge >= 0.3 is 27.0 Å². The van der Waals surface area contributed by atoms with Gasteiger partial charge in [-0.05, 0) is 25.7 Å². The molecule has 0 fully saturated rings. The summed E-state index contributed by atoms with van der Waals surface area (Å²) in [5.74, 6) is 0. The predicted molar refractivity (Wildman–Crippen MR) is 42.6 cm³/mol. The van der Waals surface area contributed by atoms with E-state index in [0.29, 0.717) is 0 Å². The third kappa shape index (κ3) is 6.51. The molecule has 0 aromatic carbocycles. The van der Waals surface area contributed by atoms with E-state index in [-0.39, 0.29) is 0 Å². The van der Waals surface area contributed by atoms with Gasteiger partial charge in [0.05, 0.1) is 0 Å². The molecule has 0 nitrogen and oxygen atoms in total. The van der Waals surface area contributed by atoms with E-state index in [0.717, 1.165) is 6.42 Å². The summed E-state index contributed by atoms with van der Waals surface area (Å²) in [6.07, 6.45) is 14.0. The van der Waals surface area contributed by atoms with Gasteiger partial charge in [0.25, 0.3) is 0 Å². The number of allylic oxidation sites excluding steroid dienone is 4. The van der Waals surface area contributed by atoms with Crippen LogP contribution in [0.4, 0.5) is 0 Å². The van der Waals surface area contributed by atoms with Crippen molar-refractivity contribution in [2.75, 3.05) is 0 Å². The molecule has 2 heteroatoms. The average molecular weight is 247 g/mol. The monoisotopic (exact) mass is 246 g/mol. The van der Waals surface area contributed by atoms with E-state index in [1.807, 2.05) is 17.3 Å². The van der Waals surface area contributed by atoms with Gasteiger partial charge in [-0.25, -0.2) is 0 Å². The summed E-state index contributed by atoms with van der Waals surface area (Å²) >= 11 is 2.02. The Hall–Kier alpha value is 0.393. The predicted octanol–water partition coefficient (Wildman–Crippen LogP) is 3.36. The molecule has 1 aliphatic rings. The van der Waals surface area contributed by atoms with Crippen LogP contribution in [0.2, 0.25) is 0 Å². The van der Waals surface area contributed by atoms with Gasteiger partial charge < -0.3 is 0 Å². The van der Waals surface area contributed by atoms with Crippen molar-refractivity contribution in [3.05, 3.63) is 24.3 Å². The summed E-state index contributed by atoms with van der Waals surface area (Å²) in [5, 5.41) is 0. The Morgan fingerprint density at radius 3 is 1.90 bits per heavy atom. The average Bonchev–Trinajstić information content (AvgIpc) is 1.90. The summed E-state index contributed by atoms with van der Waals surface area (Å²) in [4.78, 5) is 0. The molecule has 0 aliphatic heterocycles. The molecule has 10 heavy (non-hydrogen) atoms. The van der Waals surface area contributed by atoms with Crippen LogP contribution in [0.5, 0.6) is 0 Å². The van der Waals surface area contributed by atoms with Crippen LogP contribution in [0.3, 0.4) is 0 Å². The van der Waals surface area contributed by atoms with E-state index >= 15 is 0 Å². The van der Waals surface area contributed by atoms with Gasteiger partial charge in [-0.3, -0.25) is 0 Å². The van der Waals surface area contributed by atoms with E-state index in [1.54, 1.807) is 0 Å². The van der Waals surface area contributed by atoms with Crippen molar-refractivity contribution in [3.8, 4) is 0 Å². The van der Waals surface area contributed by atoms with Crippen molar-refractivity contribution in [2.45, 2.75) is 25.7 Å². The second-order valence-corrected chi connectivity index (χ2v) is 2.11. The SMILES string of the molecule is C1=C\CCC/C=C\C/1.[Cl][Rh]. The molecule has 0 amide bonds.